The quantitative estimate of drug-likeness (QED) is 0.451. The zero-order valence-electron chi connectivity index (χ0n) is 19.0. The Hall–Kier alpha value is -4.00. The molecule has 172 valence electrons. The first-order chi connectivity index (χ1) is 15.9. The number of carbonyl (C=O) groups excluding carboxylic acids is 2. The lowest BCUT2D eigenvalue weighted by Gasteiger charge is -2.19. The predicted octanol–water partition coefficient (Wildman–Crippen LogP) is 5.86. The van der Waals surface area contributed by atoms with Crippen molar-refractivity contribution in [1.29, 1.82) is 0 Å². The Balaban J connectivity index is 1.59. The van der Waals surface area contributed by atoms with Crippen molar-refractivity contribution in [3.8, 4) is 5.75 Å². The number of hydrogen-bond acceptors (Lipinski definition) is 5. The zero-order valence-corrected chi connectivity index (χ0v) is 19.0. The SMILES string of the molecule is Cc1ccc(NC(=O)OC[C@@H](COc2ccccc2C)OC(=O)Nc2ccc(C)cc2)cc1. The molecule has 0 aliphatic rings. The van der Waals surface area contributed by atoms with Gasteiger partial charge in [-0.3, -0.25) is 10.6 Å². The molecule has 1 atom stereocenters. The van der Waals surface area contributed by atoms with Gasteiger partial charge in [-0.15, -0.1) is 0 Å². The maximum atomic E-state index is 12.4. The van der Waals surface area contributed by atoms with Crippen molar-refractivity contribution in [2.75, 3.05) is 23.8 Å². The molecule has 3 aromatic rings. The van der Waals surface area contributed by atoms with Gasteiger partial charge in [-0.25, -0.2) is 9.59 Å². The molecule has 0 saturated heterocycles. The van der Waals surface area contributed by atoms with Crippen LogP contribution in [0.2, 0.25) is 0 Å². The molecule has 3 aromatic carbocycles. The number of aryl methyl sites for hydroxylation is 3. The first-order valence-corrected chi connectivity index (χ1v) is 10.6. The van der Waals surface area contributed by atoms with Crippen LogP contribution in [0.4, 0.5) is 21.0 Å². The second-order valence-corrected chi connectivity index (χ2v) is 7.68. The predicted molar refractivity (Wildman–Crippen MR) is 128 cm³/mol. The van der Waals surface area contributed by atoms with Gasteiger partial charge in [0.05, 0.1) is 0 Å². The van der Waals surface area contributed by atoms with Crippen LogP contribution in [0.5, 0.6) is 5.75 Å². The van der Waals surface area contributed by atoms with Gasteiger partial charge in [0.2, 0.25) is 0 Å². The Kier molecular flexibility index (Phi) is 8.30. The molecule has 0 fully saturated rings. The molecule has 0 radical (unpaired) electrons. The van der Waals surface area contributed by atoms with Gasteiger partial charge in [0, 0.05) is 11.4 Å². The number of para-hydroxylation sites is 1. The van der Waals surface area contributed by atoms with E-state index < -0.39 is 18.3 Å². The second-order valence-electron chi connectivity index (χ2n) is 7.68. The second kappa shape index (κ2) is 11.6. The lowest BCUT2D eigenvalue weighted by Crippen LogP contribution is -2.33. The zero-order chi connectivity index (χ0) is 23.6. The maximum absolute atomic E-state index is 12.4. The summed E-state index contributed by atoms with van der Waals surface area (Å²) in [7, 11) is 0. The number of rotatable bonds is 8. The van der Waals surface area contributed by atoms with Crippen molar-refractivity contribution in [3.05, 3.63) is 89.5 Å². The summed E-state index contributed by atoms with van der Waals surface area (Å²) in [4.78, 5) is 24.6. The van der Waals surface area contributed by atoms with Gasteiger partial charge >= 0.3 is 12.2 Å². The molecule has 0 heterocycles. The minimum atomic E-state index is -0.821. The number of amides is 2. The van der Waals surface area contributed by atoms with Gasteiger partial charge in [-0.1, -0.05) is 53.6 Å². The van der Waals surface area contributed by atoms with Gasteiger partial charge in [-0.2, -0.15) is 0 Å². The third kappa shape index (κ3) is 7.88. The minimum absolute atomic E-state index is 0.0178. The molecule has 0 spiro atoms. The highest BCUT2D eigenvalue weighted by molar-refractivity contribution is 5.85. The lowest BCUT2D eigenvalue weighted by molar-refractivity contribution is 0.0288. The Morgan fingerprint density at radius 1 is 0.727 bits per heavy atom. The van der Waals surface area contributed by atoms with E-state index in [-0.39, 0.29) is 13.2 Å². The van der Waals surface area contributed by atoms with Crippen LogP contribution in [-0.4, -0.2) is 31.5 Å². The monoisotopic (exact) mass is 448 g/mol. The molecule has 0 unspecified atom stereocenters. The third-order valence-corrected chi connectivity index (χ3v) is 4.79. The lowest BCUT2D eigenvalue weighted by atomic mass is 10.2. The summed E-state index contributed by atoms with van der Waals surface area (Å²) in [6.45, 7) is 5.68. The van der Waals surface area contributed by atoms with E-state index in [0.29, 0.717) is 17.1 Å². The fourth-order valence-electron chi connectivity index (χ4n) is 2.91. The summed E-state index contributed by atoms with van der Waals surface area (Å²) in [6.07, 6.45) is -2.14. The van der Waals surface area contributed by atoms with E-state index in [1.165, 1.54) is 0 Å². The van der Waals surface area contributed by atoms with E-state index in [1.807, 2.05) is 69.3 Å². The summed E-state index contributed by atoms with van der Waals surface area (Å²) in [5.41, 5.74) is 4.30. The molecule has 0 aromatic heterocycles. The summed E-state index contributed by atoms with van der Waals surface area (Å²) in [6, 6.07) is 22.1. The van der Waals surface area contributed by atoms with Crippen molar-refractivity contribution in [2.24, 2.45) is 0 Å². The molecule has 0 bridgehead atoms. The van der Waals surface area contributed by atoms with E-state index in [1.54, 1.807) is 24.3 Å². The summed E-state index contributed by atoms with van der Waals surface area (Å²) in [5, 5.41) is 5.32. The van der Waals surface area contributed by atoms with Crippen LogP contribution < -0.4 is 15.4 Å². The molecule has 33 heavy (non-hydrogen) atoms. The highest BCUT2D eigenvalue weighted by Gasteiger charge is 2.19. The normalized spacial score (nSPS) is 11.2. The third-order valence-electron chi connectivity index (χ3n) is 4.79. The van der Waals surface area contributed by atoms with Gasteiger partial charge in [0.15, 0.2) is 6.10 Å². The Morgan fingerprint density at radius 3 is 1.85 bits per heavy atom. The maximum Gasteiger partial charge on any atom is 0.412 e. The van der Waals surface area contributed by atoms with Crippen LogP contribution in [0.1, 0.15) is 16.7 Å². The molecule has 7 heteroatoms. The van der Waals surface area contributed by atoms with E-state index >= 15 is 0 Å². The van der Waals surface area contributed by atoms with Gasteiger partial charge in [0.25, 0.3) is 0 Å². The van der Waals surface area contributed by atoms with Gasteiger partial charge in [0.1, 0.15) is 19.0 Å². The smallest absolute Gasteiger partial charge is 0.412 e. The standard InChI is InChI=1S/C26H28N2O5/c1-18-8-12-21(13-9-18)27-25(29)32-17-23(16-31-24-7-5-4-6-20(24)3)33-26(30)28-22-14-10-19(2)11-15-22/h4-15,23H,16-17H2,1-3H3,(H,27,29)(H,28,30)/t23-/m1/s1. The Labute approximate surface area is 193 Å². The molecular formula is C26H28N2O5. The van der Waals surface area contributed by atoms with E-state index in [0.717, 1.165) is 16.7 Å². The van der Waals surface area contributed by atoms with Crippen LogP contribution in [0.15, 0.2) is 72.8 Å². The van der Waals surface area contributed by atoms with Crippen molar-refractivity contribution in [3.63, 3.8) is 0 Å². The highest BCUT2D eigenvalue weighted by atomic mass is 16.6. The minimum Gasteiger partial charge on any atom is -0.489 e. The van der Waals surface area contributed by atoms with Gasteiger partial charge in [-0.05, 0) is 56.7 Å². The van der Waals surface area contributed by atoms with Crippen LogP contribution in [-0.2, 0) is 9.47 Å². The van der Waals surface area contributed by atoms with Crippen LogP contribution in [0.3, 0.4) is 0 Å². The largest absolute Gasteiger partial charge is 0.489 e. The average Bonchev–Trinajstić information content (AvgIpc) is 2.79. The van der Waals surface area contributed by atoms with Crippen molar-refractivity contribution < 1.29 is 23.8 Å². The van der Waals surface area contributed by atoms with E-state index in [2.05, 4.69) is 10.6 Å². The van der Waals surface area contributed by atoms with Crippen LogP contribution in [0, 0.1) is 20.8 Å². The topological polar surface area (TPSA) is 85.9 Å². The molecule has 0 aliphatic carbocycles. The number of ether oxygens (including phenoxy) is 3. The molecule has 3 rings (SSSR count). The number of hydrogen-bond donors (Lipinski definition) is 2. The first-order valence-electron chi connectivity index (χ1n) is 10.6. The summed E-state index contributed by atoms with van der Waals surface area (Å²) >= 11 is 0. The van der Waals surface area contributed by atoms with Crippen LogP contribution >= 0.6 is 0 Å². The summed E-state index contributed by atoms with van der Waals surface area (Å²) in [5.74, 6) is 0.661. The average molecular weight is 449 g/mol. The molecule has 0 aliphatic heterocycles. The molecule has 2 amide bonds. The number of nitrogens with one attached hydrogen (secondary N) is 2. The molecule has 0 saturated carbocycles. The van der Waals surface area contributed by atoms with Crippen LogP contribution in [0.25, 0.3) is 0 Å². The van der Waals surface area contributed by atoms with Crippen molar-refractivity contribution in [1.82, 2.24) is 0 Å². The van der Waals surface area contributed by atoms with Crippen molar-refractivity contribution in [2.45, 2.75) is 26.9 Å². The van der Waals surface area contributed by atoms with Crippen molar-refractivity contribution >= 4 is 23.6 Å². The number of anilines is 2. The number of carbonyl (C=O) groups is 2. The fraction of sp³-hybridized carbons (Fsp3) is 0.231. The van der Waals surface area contributed by atoms with E-state index in [4.69, 9.17) is 14.2 Å². The molecule has 7 nitrogen and oxygen atoms in total. The Morgan fingerprint density at radius 2 is 1.27 bits per heavy atom. The van der Waals surface area contributed by atoms with E-state index in [9.17, 15) is 9.59 Å². The summed E-state index contributed by atoms with van der Waals surface area (Å²) < 4.78 is 16.6. The number of benzene rings is 3. The van der Waals surface area contributed by atoms with Gasteiger partial charge < -0.3 is 14.2 Å². The highest BCUT2D eigenvalue weighted by Crippen LogP contribution is 2.17. The molecule has 2 N–H and O–H groups in total. The fourth-order valence-corrected chi connectivity index (χ4v) is 2.91. The Bertz CT molecular complexity index is 1060. The molecular weight excluding hydrogens is 420 g/mol. The first kappa shape index (κ1) is 23.7.